The van der Waals surface area contributed by atoms with Crippen molar-refractivity contribution in [2.24, 2.45) is 0 Å². The van der Waals surface area contributed by atoms with Crippen molar-refractivity contribution in [3.63, 3.8) is 0 Å². The number of likely N-dealkylation sites (N-methyl/N-ethyl adjacent to an activating group) is 1. The van der Waals surface area contributed by atoms with Crippen LogP contribution in [0.2, 0.25) is 0 Å². The van der Waals surface area contributed by atoms with Gasteiger partial charge in [0.15, 0.2) is 0 Å². The van der Waals surface area contributed by atoms with Crippen molar-refractivity contribution in [3.05, 3.63) is 29.8 Å². The van der Waals surface area contributed by atoms with Gasteiger partial charge < -0.3 is 14.6 Å². The van der Waals surface area contributed by atoms with E-state index in [9.17, 15) is 13.5 Å². The molecule has 0 aliphatic heterocycles. The lowest BCUT2D eigenvalue weighted by Crippen LogP contribution is -2.16. The van der Waals surface area contributed by atoms with E-state index < -0.39 is 16.5 Å². The van der Waals surface area contributed by atoms with Crippen LogP contribution in [0.1, 0.15) is 11.7 Å². The fraction of sp³-hybridized carbons (Fsp3) is 0.333. The van der Waals surface area contributed by atoms with E-state index in [1.54, 1.807) is 13.1 Å². The molecule has 1 rings (SSSR count). The first kappa shape index (κ1) is 12.9. The van der Waals surface area contributed by atoms with Crippen LogP contribution in [0.5, 0.6) is 5.75 Å². The molecule has 0 spiro atoms. The maximum Gasteiger partial charge on any atom is 0.446 e. The van der Waals surface area contributed by atoms with Crippen molar-refractivity contribution in [1.82, 2.24) is 5.32 Å². The molecular weight excluding hydrogens is 234 g/mol. The fourth-order valence-corrected chi connectivity index (χ4v) is 1.55. The molecule has 1 aromatic carbocycles. The number of aliphatic hydroxyl groups is 1. The van der Waals surface area contributed by atoms with Gasteiger partial charge in [0.1, 0.15) is 5.75 Å². The quantitative estimate of drug-likeness (QED) is 0.640. The van der Waals surface area contributed by atoms with Gasteiger partial charge in [-0.2, -0.15) is 8.42 Å². The molecule has 0 radical (unpaired) electrons. The lowest BCUT2D eigenvalue weighted by Gasteiger charge is -2.11. The zero-order valence-electron chi connectivity index (χ0n) is 8.62. The minimum Gasteiger partial charge on any atom is -0.387 e. The van der Waals surface area contributed by atoms with E-state index in [-0.39, 0.29) is 5.75 Å². The third kappa shape index (κ3) is 4.15. The monoisotopic (exact) mass is 247 g/mol. The molecule has 0 saturated carbocycles. The normalized spacial score (nSPS) is 13.4. The van der Waals surface area contributed by atoms with Crippen LogP contribution >= 0.6 is 0 Å². The molecule has 16 heavy (non-hydrogen) atoms. The van der Waals surface area contributed by atoms with Crippen LogP contribution in [0, 0.1) is 0 Å². The Hall–Kier alpha value is -1.15. The zero-order chi connectivity index (χ0) is 12.2. The Morgan fingerprint density at radius 2 is 2.19 bits per heavy atom. The van der Waals surface area contributed by atoms with Gasteiger partial charge in [0, 0.05) is 6.54 Å². The van der Waals surface area contributed by atoms with Crippen molar-refractivity contribution in [3.8, 4) is 5.75 Å². The third-order valence-corrected chi connectivity index (χ3v) is 2.24. The first-order valence-corrected chi connectivity index (χ1v) is 5.88. The summed E-state index contributed by atoms with van der Waals surface area (Å²) >= 11 is 0. The molecule has 1 unspecified atom stereocenters. The molecule has 1 atom stereocenters. The second kappa shape index (κ2) is 5.26. The Kier molecular flexibility index (Phi) is 4.25. The van der Waals surface area contributed by atoms with Gasteiger partial charge in [0.2, 0.25) is 0 Å². The average molecular weight is 247 g/mol. The fourth-order valence-electron chi connectivity index (χ4n) is 1.21. The van der Waals surface area contributed by atoms with Gasteiger partial charge in [-0.25, -0.2) is 0 Å². The minimum atomic E-state index is -4.53. The molecule has 0 heterocycles. The Morgan fingerprint density at radius 3 is 2.75 bits per heavy atom. The van der Waals surface area contributed by atoms with E-state index >= 15 is 0 Å². The summed E-state index contributed by atoms with van der Waals surface area (Å²) in [6, 6.07) is 5.85. The largest absolute Gasteiger partial charge is 0.446 e. The maximum absolute atomic E-state index is 10.5. The van der Waals surface area contributed by atoms with Gasteiger partial charge in [0.25, 0.3) is 0 Å². The molecule has 1 aromatic rings. The van der Waals surface area contributed by atoms with Crippen LogP contribution in [0.4, 0.5) is 0 Å². The lowest BCUT2D eigenvalue weighted by molar-refractivity contribution is 0.177. The summed E-state index contributed by atoms with van der Waals surface area (Å²) < 4.78 is 33.7. The van der Waals surface area contributed by atoms with Crippen LogP contribution in [0.15, 0.2) is 24.3 Å². The van der Waals surface area contributed by atoms with Gasteiger partial charge in [0.05, 0.1) is 6.10 Å². The minimum absolute atomic E-state index is 0.0462. The average Bonchev–Trinajstić information content (AvgIpc) is 2.16. The highest BCUT2D eigenvalue weighted by Gasteiger charge is 2.10. The summed E-state index contributed by atoms with van der Waals surface area (Å²) in [6.07, 6.45) is -0.769. The Bertz CT molecular complexity index is 445. The van der Waals surface area contributed by atoms with E-state index in [0.29, 0.717) is 12.1 Å². The molecule has 0 fully saturated rings. The number of rotatable bonds is 5. The molecule has 0 saturated heterocycles. The topological polar surface area (TPSA) is 95.9 Å². The zero-order valence-corrected chi connectivity index (χ0v) is 9.44. The van der Waals surface area contributed by atoms with Crippen LogP contribution in [-0.4, -0.2) is 31.7 Å². The Balaban J connectivity index is 2.86. The Morgan fingerprint density at radius 1 is 1.50 bits per heavy atom. The first-order chi connectivity index (χ1) is 7.42. The number of nitrogens with one attached hydrogen (secondary N) is 1. The van der Waals surface area contributed by atoms with Crippen molar-refractivity contribution < 1.29 is 22.3 Å². The standard InChI is InChI=1S/C9H13NO5S/c1-10-6-9(11)7-3-2-4-8(5-7)15-16(12,13)14/h2-5,9-11H,6H2,1H3,(H,12,13,14). The molecule has 7 heteroatoms. The molecule has 0 aliphatic rings. The first-order valence-electron chi connectivity index (χ1n) is 4.52. The van der Waals surface area contributed by atoms with Gasteiger partial charge >= 0.3 is 10.4 Å². The van der Waals surface area contributed by atoms with Crippen molar-refractivity contribution in [2.45, 2.75) is 6.10 Å². The molecule has 0 aliphatic carbocycles. The van der Waals surface area contributed by atoms with E-state index in [4.69, 9.17) is 4.55 Å². The van der Waals surface area contributed by atoms with Crippen molar-refractivity contribution in [1.29, 1.82) is 0 Å². The number of aliphatic hydroxyl groups excluding tert-OH is 1. The summed E-state index contributed by atoms with van der Waals surface area (Å²) in [6.45, 7) is 0.329. The summed E-state index contributed by atoms with van der Waals surface area (Å²) in [5.74, 6) is -0.0462. The maximum atomic E-state index is 10.5. The highest BCUT2D eigenvalue weighted by molar-refractivity contribution is 7.81. The number of hydrogen-bond acceptors (Lipinski definition) is 5. The number of hydrogen-bond donors (Lipinski definition) is 3. The van der Waals surface area contributed by atoms with Gasteiger partial charge in [-0.3, -0.25) is 4.55 Å². The molecule has 90 valence electrons. The summed E-state index contributed by atoms with van der Waals surface area (Å²) in [7, 11) is -2.85. The van der Waals surface area contributed by atoms with Crippen molar-refractivity contribution in [2.75, 3.05) is 13.6 Å². The summed E-state index contributed by atoms with van der Waals surface area (Å²) in [5, 5.41) is 12.4. The SMILES string of the molecule is CNCC(O)c1cccc(OS(=O)(=O)O)c1. The molecule has 0 bridgehead atoms. The van der Waals surface area contributed by atoms with Crippen LogP contribution in [0.25, 0.3) is 0 Å². The molecule has 3 N–H and O–H groups in total. The van der Waals surface area contributed by atoms with Gasteiger partial charge in [-0.1, -0.05) is 12.1 Å². The van der Waals surface area contributed by atoms with E-state index in [1.165, 1.54) is 18.2 Å². The predicted molar refractivity (Wildman–Crippen MR) is 57.5 cm³/mol. The second-order valence-electron chi connectivity index (χ2n) is 3.16. The highest BCUT2D eigenvalue weighted by atomic mass is 32.3. The molecule has 6 nitrogen and oxygen atoms in total. The van der Waals surface area contributed by atoms with Gasteiger partial charge in [-0.05, 0) is 24.7 Å². The van der Waals surface area contributed by atoms with E-state index in [2.05, 4.69) is 9.50 Å². The van der Waals surface area contributed by atoms with Crippen LogP contribution in [0.3, 0.4) is 0 Å². The molecule has 0 amide bonds. The lowest BCUT2D eigenvalue weighted by atomic mass is 10.1. The van der Waals surface area contributed by atoms with Crippen LogP contribution < -0.4 is 9.50 Å². The smallest absolute Gasteiger partial charge is 0.387 e. The van der Waals surface area contributed by atoms with Gasteiger partial charge in [-0.15, -0.1) is 0 Å². The van der Waals surface area contributed by atoms with E-state index in [1.807, 2.05) is 0 Å². The Labute approximate surface area is 93.8 Å². The molecular formula is C9H13NO5S. The second-order valence-corrected chi connectivity index (χ2v) is 4.18. The summed E-state index contributed by atoms with van der Waals surface area (Å²) in [4.78, 5) is 0. The summed E-state index contributed by atoms with van der Waals surface area (Å²) in [5.41, 5.74) is 0.496. The van der Waals surface area contributed by atoms with E-state index in [0.717, 1.165) is 0 Å². The highest BCUT2D eigenvalue weighted by Crippen LogP contribution is 2.19. The molecule has 0 aromatic heterocycles. The van der Waals surface area contributed by atoms with Crippen LogP contribution in [-0.2, 0) is 10.4 Å². The third-order valence-electron chi connectivity index (χ3n) is 1.84. The number of benzene rings is 1. The van der Waals surface area contributed by atoms with Crippen molar-refractivity contribution >= 4 is 10.4 Å². The predicted octanol–water partition coefficient (Wildman–Crippen LogP) is 0.121.